The van der Waals surface area contributed by atoms with Crippen LogP contribution in [0.1, 0.15) is 25.7 Å². The van der Waals surface area contributed by atoms with Gasteiger partial charge < -0.3 is 14.6 Å². The second-order valence-corrected chi connectivity index (χ2v) is 7.41. The average molecular weight is 416 g/mol. The van der Waals surface area contributed by atoms with E-state index in [-0.39, 0.29) is 25.0 Å². The molecule has 0 spiro atoms. The van der Waals surface area contributed by atoms with Crippen LogP contribution in [-0.4, -0.2) is 42.0 Å². The summed E-state index contributed by atoms with van der Waals surface area (Å²) in [6.45, 7) is 0.355. The molecule has 0 radical (unpaired) electrons. The largest absolute Gasteiger partial charge is 0.480 e. The Morgan fingerprint density at radius 1 is 1.10 bits per heavy atom. The number of carboxylic acids is 1. The van der Waals surface area contributed by atoms with Crippen LogP contribution in [0.15, 0.2) is 48.8 Å². The normalized spacial score (nSPS) is 18.6. The summed E-state index contributed by atoms with van der Waals surface area (Å²) >= 11 is 0. The minimum Gasteiger partial charge on any atom is -0.480 e. The van der Waals surface area contributed by atoms with Gasteiger partial charge in [-0.05, 0) is 67.5 Å². The van der Waals surface area contributed by atoms with E-state index < -0.39 is 17.9 Å². The fourth-order valence-corrected chi connectivity index (χ4v) is 3.71. The van der Waals surface area contributed by atoms with Crippen molar-refractivity contribution in [2.45, 2.75) is 25.7 Å². The Hall–Kier alpha value is -3.00. The summed E-state index contributed by atoms with van der Waals surface area (Å²) in [5.74, 6) is -0.928. The number of benzene rings is 1. The van der Waals surface area contributed by atoms with Crippen LogP contribution in [0.3, 0.4) is 0 Å². The third-order valence-corrected chi connectivity index (χ3v) is 5.08. The van der Waals surface area contributed by atoms with Crippen LogP contribution in [0.2, 0.25) is 0 Å². The van der Waals surface area contributed by atoms with Crippen molar-refractivity contribution < 1.29 is 28.6 Å². The SMILES string of the molecule is O=C(O)COCC1CCCC(COC(=O)N(c2ccc(F)cc2)c2cccnc2)C1. The summed E-state index contributed by atoms with van der Waals surface area (Å²) in [4.78, 5) is 28.9. The van der Waals surface area contributed by atoms with Crippen LogP contribution in [0.25, 0.3) is 0 Å². The summed E-state index contributed by atoms with van der Waals surface area (Å²) < 4.78 is 24.1. The summed E-state index contributed by atoms with van der Waals surface area (Å²) in [6.07, 6.45) is 6.30. The number of amides is 1. The van der Waals surface area contributed by atoms with Crippen molar-refractivity contribution in [1.29, 1.82) is 0 Å². The van der Waals surface area contributed by atoms with E-state index in [2.05, 4.69) is 4.98 Å². The lowest BCUT2D eigenvalue weighted by molar-refractivity contribution is -0.142. The Morgan fingerprint density at radius 3 is 2.50 bits per heavy atom. The molecule has 2 aromatic rings. The molecule has 1 N–H and O–H groups in total. The predicted octanol–water partition coefficient (Wildman–Crippen LogP) is 4.40. The van der Waals surface area contributed by atoms with Crippen molar-refractivity contribution in [3.63, 3.8) is 0 Å². The highest BCUT2D eigenvalue weighted by Crippen LogP contribution is 2.31. The number of ether oxygens (including phenoxy) is 2. The zero-order valence-electron chi connectivity index (χ0n) is 16.6. The fraction of sp³-hybridized carbons (Fsp3) is 0.409. The number of carbonyl (C=O) groups is 2. The van der Waals surface area contributed by atoms with Gasteiger partial charge in [-0.2, -0.15) is 0 Å². The van der Waals surface area contributed by atoms with Gasteiger partial charge in [0.05, 0.1) is 30.8 Å². The molecular weight excluding hydrogens is 391 g/mol. The van der Waals surface area contributed by atoms with E-state index in [4.69, 9.17) is 14.6 Å². The number of carbonyl (C=O) groups excluding carboxylic acids is 1. The van der Waals surface area contributed by atoms with Gasteiger partial charge >= 0.3 is 12.1 Å². The molecule has 30 heavy (non-hydrogen) atoms. The van der Waals surface area contributed by atoms with Gasteiger partial charge in [-0.1, -0.05) is 6.42 Å². The quantitative estimate of drug-likeness (QED) is 0.686. The molecule has 1 heterocycles. The van der Waals surface area contributed by atoms with Gasteiger partial charge in [-0.15, -0.1) is 0 Å². The average Bonchev–Trinajstić information content (AvgIpc) is 2.75. The van der Waals surface area contributed by atoms with Gasteiger partial charge in [0.2, 0.25) is 0 Å². The third-order valence-electron chi connectivity index (χ3n) is 5.08. The second kappa shape index (κ2) is 10.7. The maximum absolute atomic E-state index is 13.3. The topological polar surface area (TPSA) is 89.0 Å². The van der Waals surface area contributed by atoms with Crippen LogP contribution in [0.5, 0.6) is 0 Å². The molecule has 0 aliphatic heterocycles. The number of halogens is 1. The lowest BCUT2D eigenvalue weighted by Gasteiger charge is -2.29. The number of rotatable bonds is 8. The molecule has 2 unspecified atom stereocenters. The van der Waals surface area contributed by atoms with Gasteiger partial charge in [0.25, 0.3) is 0 Å². The van der Waals surface area contributed by atoms with E-state index >= 15 is 0 Å². The lowest BCUT2D eigenvalue weighted by Crippen LogP contribution is -2.30. The van der Waals surface area contributed by atoms with Gasteiger partial charge in [-0.25, -0.2) is 18.9 Å². The van der Waals surface area contributed by atoms with Crippen molar-refractivity contribution >= 4 is 23.4 Å². The van der Waals surface area contributed by atoms with Crippen LogP contribution < -0.4 is 4.90 Å². The second-order valence-electron chi connectivity index (χ2n) is 7.41. The van der Waals surface area contributed by atoms with E-state index in [9.17, 15) is 14.0 Å². The molecule has 7 nitrogen and oxygen atoms in total. The Kier molecular flexibility index (Phi) is 7.73. The fourth-order valence-electron chi connectivity index (χ4n) is 3.71. The number of anilines is 2. The molecule has 1 fully saturated rings. The standard InChI is InChI=1S/C22H25FN2O5/c23-18-6-8-19(9-7-18)25(20-5-2-10-24-12-20)22(28)30-14-17-4-1-3-16(11-17)13-29-15-21(26)27/h2,5-10,12,16-17H,1,3-4,11,13-15H2,(H,26,27). The molecule has 1 aromatic carbocycles. The Balaban J connectivity index is 1.60. The maximum atomic E-state index is 13.3. The summed E-state index contributed by atoms with van der Waals surface area (Å²) in [7, 11) is 0. The highest BCUT2D eigenvalue weighted by Gasteiger charge is 2.26. The summed E-state index contributed by atoms with van der Waals surface area (Å²) in [5, 5.41) is 8.68. The van der Waals surface area contributed by atoms with Gasteiger partial charge in [0.15, 0.2) is 0 Å². The molecule has 1 aliphatic carbocycles. The van der Waals surface area contributed by atoms with Crippen LogP contribution in [0.4, 0.5) is 20.6 Å². The minimum atomic E-state index is -0.979. The van der Waals surface area contributed by atoms with Crippen molar-refractivity contribution in [3.05, 3.63) is 54.6 Å². The van der Waals surface area contributed by atoms with Crippen molar-refractivity contribution in [2.75, 3.05) is 24.7 Å². The zero-order valence-corrected chi connectivity index (χ0v) is 16.6. The predicted molar refractivity (Wildman–Crippen MR) is 108 cm³/mol. The first kappa shape index (κ1) is 21.7. The molecule has 2 atom stereocenters. The molecular formula is C22H25FN2O5. The highest BCUT2D eigenvalue weighted by atomic mass is 19.1. The van der Waals surface area contributed by atoms with Gasteiger partial charge in [0.1, 0.15) is 12.4 Å². The van der Waals surface area contributed by atoms with E-state index in [0.717, 1.165) is 25.7 Å². The van der Waals surface area contributed by atoms with Gasteiger partial charge in [-0.3, -0.25) is 4.98 Å². The van der Waals surface area contributed by atoms with Gasteiger partial charge in [0, 0.05) is 6.20 Å². The highest BCUT2D eigenvalue weighted by molar-refractivity contribution is 5.95. The molecule has 1 amide bonds. The number of pyridine rings is 1. The monoisotopic (exact) mass is 416 g/mol. The molecule has 1 aromatic heterocycles. The number of hydrogen-bond acceptors (Lipinski definition) is 5. The number of aromatic nitrogens is 1. The Bertz CT molecular complexity index is 831. The minimum absolute atomic E-state index is 0.185. The number of hydrogen-bond donors (Lipinski definition) is 1. The van der Waals surface area contributed by atoms with Crippen molar-refractivity contribution in [1.82, 2.24) is 4.98 Å². The molecule has 0 bridgehead atoms. The summed E-state index contributed by atoms with van der Waals surface area (Å²) in [6, 6.07) is 9.04. The Morgan fingerprint density at radius 2 is 1.83 bits per heavy atom. The molecule has 1 saturated carbocycles. The lowest BCUT2D eigenvalue weighted by atomic mass is 9.82. The van der Waals surface area contributed by atoms with E-state index in [1.165, 1.54) is 29.2 Å². The maximum Gasteiger partial charge on any atom is 0.419 e. The molecule has 8 heteroatoms. The third kappa shape index (κ3) is 6.25. The molecule has 1 aliphatic rings. The van der Waals surface area contributed by atoms with E-state index in [1.807, 2.05) is 0 Å². The van der Waals surface area contributed by atoms with Crippen molar-refractivity contribution in [2.24, 2.45) is 11.8 Å². The van der Waals surface area contributed by atoms with Crippen LogP contribution >= 0.6 is 0 Å². The van der Waals surface area contributed by atoms with Crippen LogP contribution in [-0.2, 0) is 14.3 Å². The molecule has 0 saturated heterocycles. The number of aliphatic carboxylic acids is 1. The Labute approximate surface area is 174 Å². The molecule has 3 rings (SSSR count). The zero-order chi connectivity index (χ0) is 21.3. The number of nitrogens with zero attached hydrogens (tertiary/aromatic N) is 2. The first-order valence-electron chi connectivity index (χ1n) is 9.95. The van der Waals surface area contributed by atoms with Crippen molar-refractivity contribution in [3.8, 4) is 0 Å². The number of carboxylic acid groups (broad SMARTS) is 1. The van der Waals surface area contributed by atoms with E-state index in [1.54, 1.807) is 24.5 Å². The first-order chi connectivity index (χ1) is 14.5. The summed E-state index contributed by atoms with van der Waals surface area (Å²) in [5.41, 5.74) is 1.01. The van der Waals surface area contributed by atoms with Crippen LogP contribution in [0, 0.1) is 17.7 Å². The van der Waals surface area contributed by atoms with E-state index in [0.29, 0.717) is 18.0 Å². The molecule has 160 valence electrons. The first-order valence-corrected chi connectivity index (χ1v) is 9.95. The smallest absolute Gasteiger partial charge is 0.419 e.